The van der Waals surface area contributed by atoms with Crippen LogP contribution in [-0.2, 0) is 11.2 Å². The monoisotopic (exact) mass is 350 g/mol. The van der Waals surface area contributed by atoms with Gasteiger partial charge >= 0.3 is 0 Å². The van der Waals surface area contributed by atoms with E-state index in [2.05, 4.69) is 16.1 Å². The Bertz CT molecular complexity index is 926. The normalized spacial score (nSPS) is 14.3. The van der Waals surface area contributed by atoms with E-state index in [0.717, 1.165) is 29.7 Å². The van der Waals surface area contributed by atoms with Gasteiger partial charge in [-0.2, -0.15) is 0 Å². The Labute approximate surface area is 153 Å². The molecule has 1 aliphatic rings. The lowest BCUT2D eigenvalue weighted by Crippen LogP contribution is -2.28. The molecular weight excluding hydrogens is 327 g/mol. The van der Waals surface area contributed by atoms with Crippen molar-refractivity contribution in [2.24, 2.45) is 9.98 Å². The fourth-order valence-corrected chi connectivity index (χ4v) is 3.00. The van der Waals surface area contributed by atoms with Crippen molar-refractivity contribution in [2.75, 3.05) is 0 Å². The second-order valence-electron chi connectivity index (χ2n) is 7.20. The molecule has 3 rings (SSSR count). The number of nitrogens with zero attached hydrogens (tertiary/aromatic N) is 2. The number of carbonyl (C=O) groups is 1. The molecule has 1 aliphatic heterocycles. The van der Waals surface area contributed by atoms with Gasteiger partial charge in [-0.25, -0.2) is 4.39 Å². The topological polar surface area (TPSA) is 41.8 Å². The number of benzene rings is 2. The van der Waals surface area contributed by atoms with Crippen molar-refractivity contribution in [3.63, 3.8) is 0 Å². The molecular formula is C22H23FN2O. The minimum absolute atomic E-state index is 0.0523. The molecule has 3 nitrogen and oxygen atoms in total. The molecule has 0 unspecified atom stereocenters. The summed E-state index contributed by atoms with van der Waals surface area (Å²) in [6.07, 6.45) is 3.88. The molecule has 0 saturated carbocycles. The number of rotatable bonds is 4. The first kappa shape index (κ1) is 18.2. The van der Waals surface area contributed by atoms with Crippen LogP contribution in [0.5, 0.6) is 0 Å². The largest absolute Gasteiger partial charge is 0.297 e. The molecule has 0 aliphatic carbocycles. The van der Waals surface area contributed by atoms with E-state index in [1.54, 1.807) is 26.8 Å². The van der Waals surface area contributed by atoms with Gasteiger partial charge in [-0.3, -0.25) is 14.8 Å². The Balaban J connectivity index is 1.95. The number of carbonyl (C=O) groups excluding carboxylic acids is 1. The summed E-state index contributed by atoms with van der Waals surface area (Å²) in [6.45, 7) is 6.70. The molecule has 26 heavy (non-hydrogen) atoms. The number of hydrogen-bond donors (Lipinski definition) is 0. The summed E-state index contributed by atoms with van der Waals surface area (Å²) in [5.74, 6) is -0.396. The van der Waals surface area contributed by atoms with Crippen LogP contribution in [0.25, 0.3) is 11.1 Å². The molecule has 0 spiro atoms. The van der Waals surface area contributed by atoms with Crippen molar-refractivity contribution in [1.29, 1.82) is 0 Å². The lowest BCUT2D eigenvalue weighted by atomic mass is 9.97. The number of ketones is 1. The van der Waals surface area contributed by atoms with Crippen LogP contribution in [0.3, 0.4) is 0 Å². The van der Waals surface area contributed by atoms with Crippen LogP contribution >= 0.6 is 0 Å². The Hall–Kier alpha value is -2.62. The third kappa shape index (κ3) is 3.64. The zero-order chi connectivity index (χ0) is 18.9. The Kier molecular flexibility index (Phi) is 4.86. The number of Topliss-reactive ketones (excluding diaryl/α,β-unsaturated/α-hetero) is 1. The maximum atomic E-state index is 14.7. The van der Waals surface area contributed by atoms with Crippen LogP contribution in [0.2, 0.25) is 0 Å². The summed E-state index contributed by atoms with van der Waals surface area (Å²) in [5, 5.41) is 0. The van der Waals surface area contributed by atoms with Gasteiger partial charge in [-0.15, -0.1) is 0 Å². The van der Waals surface area contributed by atoms with Crippen LogP contribution in [0, 0.1) is 5.82 Å². The Morgan fingerprint density at radius 1 is 1.12 bits per heavy atom. The predicted molar refractivity (Wildman–Crippen MR) is 105 cm³/mol. The first-order valence-corrected chi connectivity index (χ1v) is 8.81. The maximum absolute atomic E-state index is 14.7. The standard InChI is InChI=1S/C22H23FN2O/c1-14(25-22(3,4)15(2)26)19-10-9-17(12-20(19)23)18-8-7-16-6-5-11-24-21(16)13-18/h7-13H,5-6H2,1-4H3. The van der Waals surface area contributed by atoms with Gasteiger partial charge in [0.2, 0.25) is 0 Å². The average molecular weight is 350 g/mol. The van der Waals surface area contributed by atoms with Crippen LogP contribution in [0.4, 0.5) is 10.1 Å². The zero-order valence-electron chi connectivity index (χ0n) is 15.6. The van der Waals surface area contributed by atoms with Gasteiger partial charge in [-0.1, -0.05) is 18.2 Å². The summed E-state index contributed by atoms with van der Waals surface area (Å²) in [4.78, 5) is 20.5. The van der Waals surface area contributed by atoms with Gasteiger partial charge in [0.05, 0.1) is 5.69 Å². The fourth-order valence-electron chi connectivity index (χ4n) is 3.00. The number of fused-ring (bicyclic) bond motifs is 1. The van der Waals surface area contributed by atoms with E-state index in [9.17, 15) is 9.18 Å². The summed E-state index contributed by atoms with van der Waals surface area (Å²) < 4.78 is 14.7. The fraction of sp³-hybridized carbons (Fsp3) is 0.318. The molecule has 1 heterocycles. The molecule has 4 heteroatoms. The van der Waals surface area contributed by atoms with Crippen molar-refractivity contribution < 1.29 is 9.18 Å². The third-order valence-electron chi connectivity index (χ3n) is 4.86. The smallest absolute Gasteiger partial charge is 0.156 e. The average Bonchev–Trinajstić information content (AvgIpc) is 2.60. The highest BCUT2D eigenvalue weighted by atomic mass is 19.1. The number of halogens is 1. The minimum atomic E-state index is -0.855. The first-order valence-electron chi connectivity index (χ1n) is 8.81. The number of hydrogen-bond acceptors (Lipinski definition) is 3. The van der Waals surface area contributed by atoms with Crippen molar-refractivity contribution in [3.8, 4) is 11.1 Å². The Morgan fingerprint density at radius 2 is 1.81 bits per heavy atom. The zero-order valence-corrected chi connectivity index (χ0v) is 15.6. The molecule has 134 valence electrons. The first-order chi connectivity index (χ1) is 12.3. The van der Waals surface area contributed by atoms with E-state index in [-0.39, 0.29) is 11.6 Å². The number of aliphatic imine (C=N–C) groups is 2. The lowest BCUT2D eigenvalue weighted by molar-refractivity contribution is -0.120. The van der Waals surface area contributed by atoms with E-state index in [4.69, 9.17) is 0 Å². The summed E-state index contributed by atoms with van der Waals surface area (Å²) in [6, 6.07) is 11.2. The van der Waals surface area contributed by atoms with Gasteiger partial charge in [0, 0.05) is 17.5 Å². The molecule has 0 N–H and O–H groups in total. The van der Waals surface area contributed by atoms with Crippen LogP contribution in [0.1, 0.15) is 45.2 Å². The van der Waals surface area contributed by atoms with E-state index in [1.165, 1.54) is 18.6 Å². The minimum Gasteiger partial charge on any atom is -0.297 e. The van der Waals surface area contributed by atoms with Crippen LogP contribution < -0.4 is 0 Å². The number of aryl methyl sites for hydroxylation is 1. The summed E-state index contributed by atoms with van der Waals surface area (Å²) in [7, 11) is 0. The van der Waals surface area contributed by atoms with Gasteiger partial charge in [0.25, 0.3) is 0 Å². The van der Waals surface area contributed by atoms with Gasteiger partial charge < -0.3 is 0 Å². The maximum Gasteiger partial charge on any atom is 0.156 e. The van der Waals surface area contributed by atoms with Gasteiger partial charge in [0.15, 0.2) is 5.78 Å². The van der Waals surface area contributed by atoms with Crippen molar-refractivity contribution in [3.05, 3.63) is 53.3 Å². The molecule has 0 saturated heterocycles. The summed E-state index contributed by atoms with van der Waals surface area (Å²) in [5.41, 5.74) is 4.00. The lowest BCUT2D eigenvalue weighted by Gasteiger charge is -2.17. The SMILES string of the molecule is CC(=O)C(C)(C)N=C(C)c1ccc(-c2ccc3c(c2)N=CCC3)cc1F. The molecule has 0 amide bonds. The highest BCUT2D eigenvalue weighted by molar-refractivity contribution is 6.01. The molecule has 0 fully saturated rings. The molecule has 0 aromatic heterocycles. The molecule has 0 radical (unpaired) electrons. The quantitative estimate of drug-likeness (QED) is 0.688. The highest BCUT2D eigenvalue weighted by Gasteiger charge is 2.23. The Morgan fingerprint density at radius 3 is 2.50 bits per heavy atom. The van der Waals surface area contributed by atoms with Crippen molar-refractivity contribution in [2.45, 2.75) is 46.1 Å². The van der Waals surface area contributed by atoms with E-state index >= 15 is 0 Å². The van der Waals surface area contributed by atoms with Gasteiger partial charge in [-0.05, 0) is 75.4 Å². The molecule has 2 aromatic rings. The second-order valence-corrected chi connectivity index (χ2v) is 7.20. The van der Waals surface area contributed by atoms with E-state index in [1.807, 2.05) is 24.4 Å². The summed E-state index contributed by atoms with van der Waals surface area (Å²) >= 11 is 0. The van der Waals surface area contributed by atoms with Crippen LogP contribution in [-0.4, -0.2) is 23.2 Å². The highest BCUT2D eigenvalue weighted by Crippen LogP contribution is 2.31. The van der Waals surface area contributed by atoms with Crippen LogP contribution in [0.15, 0.2) is 46.4 Å². The molecule has 0 bridgehead atoms. The third-order valence-corrected chi connectivity index (χ3v) is 4.86. The predicted octanol–water partition coefficient (Wildman–Crippen LogP) is 5.32. The molecule has 0 atom stereocenters. The van der Waals surface area contributed by atoms with Gasteiger partial charge in [0.1, 0.15) is 11.4 Å². The van der Waals surface area contributed by atoms with E-state index < -0.39 is 5.54 Å². The molecule has 2 aromatic carbocycles. The van der Waals surface area contributed by atoms with Crippen molar-refractivity contribution >= 4 is 23.4 Å². The van der Waals surface area contributed by atoms with Crippen molar-refractivity contribution in [1.82, 2.24) is 0 Å². The second kappa shape index (κ2) is 6.94. The van der Waals surface area contributed by atoms with E-state index in [0.29, 0.717) is 11.3 Å².